The summed E-state index contributed by atoms with van der Waals surface area (Å²) in [5.41, 5.74) is 8.78. The van der Waals surface area contributed by atoms with Gasteiger partial charge in [-0.05, 0) is 37.1 Å². The van der Waals surface area contributed by atoms with E-state index < -0.39 is 0 Å². The zero-order chi connectivity index (χ0) is 14.8. The minimum Gasteiger partial charge on any atom is -0.491 e. The third-order valence-electron chi connectivity index (χ3n) is 2.87. The highest BCUT2D eigenvalue weighted by Crippen LogP contribution is 2.23. The second kappa shape index (κ2) is 9.58. The molecule has 1 rings (SSSR count). The maximum absolute atomic E-state index is 5.89. The Morgan fingerprint density at radius 3 is 1.90 bits per heavy atom. The van der Waals surface area contributed by atoms with E-state index in [0.29, 0.717) is 39.6 Å². The van der Waals surface area contributed by atoms with Crippen molar-refractivity contribution in [2.45, 2.75) is 13.8 Å². The van der Waals surface area contributed by atoms with Crippen molar-refractivity contribution in [1.82, 2.24) is 0 Å². The molecule has 0 bridgehead atoms. The Labute approximate surface area is 121 Å². The van der Waals surface area contributed by atoms with Gasteiger partial charge in [0.15, 0.2) is 0 Å². The summed E-state index contributed by atoms with van der Waals surface area (Å²) in [6.45, 7) is 7.35. The fourth-order valence-corrected chi connectivity index (χ4v) is 1.70. The summed E-state index contributed by atoms with van der Waals surface area (Å²) in [5, 5.41) is 0. The first kappa shape index (κ1) is 16.8. The number of ether oxygens (including phenoxy) is 4. The molecule has 114 valence electrons. The molecular weight excluding hydrogens is 258 g/mol. The Kier molecular flexibility index (Phi) is 8.02. The third-order valence-corrected chi connectivity index (χ3v) is 2.87. The van der Waals surface area contributed by atoms with E-state index in [-0.39, 0.29) is 0 Å². The Morgan fingerprint density at radius 1 is 0.850 bits per heavy atom. The van der Waals surface area contributed by atoms with E-state index in [2.05, 4.69) is 0 Å². The monoisotopic (exact) mass is 283 g/mol. The molecule has 0 radical (unpaired) electrons. The van der Waals surface area contributed by atoms with Crippen molar-refractivity contribution in [1.29, 1.82) is 0 Å². The van der Waals surface area contributed by atoms with Gasteiger partial charge in [-0.1, -0.05) is 0 Å². The van der Waals surface area contributed by atoms with Crippen LogP contribution in [0, 0.1) is 13.8 Å². The second-order valence-electron chi connectivity index (χ2n) is 4.54. The summed E-state index contributed by atoms with van der Waals surface area (Å²) in [6, 6.07) is 3.88. The molecule has 2 N–H and O–H groups in total. The van der Waals surface area contributed by atoms with E-state index in [1.54, 1.807) is 7.11 Å². The number of methoxy groups -OCH3 is 1. The predicted molar refractivity (Wildman–Crippen MR) is 79.3 cm³/mol. The van der Waals surface area contributed by atoms with Gasteiger partial charge in [0.1, 0.15) is 12.4 Å². The largest absolute Gasteiger partial charge is 0.491 e. The molecule has 1 aromatic rings. The molecule has 5 nitrogen and oxygen atoms in total. The second-order valence-corrected chi connectivity index (χ2v) is 4.54. The number of benzene rings is 1. The van der Waals surface area contributed by atoms with Crippen LogP contribution in [0.2, 0.25) is 0 Å². The van der Waals surface area contributed by atoms with Crippen molar-refractivity contribution >= 4 is 5.69 Å². The van der Waals surface area contributed by atoms with Crippen LogP contribution in [0.4, 0.5) is 5.69 Å². The van der Waals surface area contributed by atoms with E-state index in [9.17, 15) is 0 Å². The molecule has 0 saturated carbocycles. The average Bonchev–Trinajstić information content (AvgIpc) is 2.43. The Hall–Kier alpha value is -1.30. The lowest BCUT2D eigenvalue weighted by molar-refractivity contribution is 0.0179. The summed E-state index contributed by atoms with van der Waals surface area (Å²) in [4.78, 5) is 0. The van der Waals surface area contributed by atoms with Crippen LogP contribution in [0.1, 0.15) is 11.1 Å². The van der Waals surface area contributed by atoms with Crippen LogP contribution < -0.4 is 10.5 Å². The molecule has 0 atom stereocenters. The molecule has 1 aromatic carbocycles. The molecule has 0 aliphatic heterocycles. The first-order chi connectivity index (χ1) is 9.65. The molecule has 5 heteroatoms. The fourth-order valence-electron chi connectivity index (χ4n) is 1.70. The number of aryl methyl sites for hydroxylation is 2. The van der Waals surface area contributed by atoms with E-state index in [0.717, 1.165) is 22.6 Å². The van der Waals surface area contributed by atoms with Crippen LogP contribution in [-0.4, -0.2) is 46.8 Å². The van der Waals surface area contributed by atoms with Crippen molar-refractivity contribution in [2.24, 2.45) is 0 Å². The zero-order valence-electron chi connectivity index (χ0n) is 12.6. The van der Waals surface area contributed by atoms with E-state index in [4.69, 9.17) is 24.7 Å². The lowest BCUT2D eigenvalue weighted by Crippen LogP contribution is -2.12. The van der Waals surface area contributed by atoms with Crippen LogP contribution in [0.25, 0.3) is 0 Å². The smallest absolute Gasteiger partial charge is 0.120 e. The summed E-state index contributed by atoms with van der Waals surface area (Å²) in [5.74, 6) is 0.828. The number of nitrogen functional groups attached to an aromatic ring is 1. The number of hydrogen-bond acceptors (Lipinski definition) is 5. The molecule has 0 fully saturated rings. The average molecular weight is 283 g/mol. The van der Waals surface area contributed by atoms with Gasteiger partial charge in [-0.3, -0.25) is 0 Å². The number of rotatable bonds is 10. The first-order valence-corrected chi connectivity index (χ1v) is 6.79. The topological polar surface area (TPSA) is 62.9 Å². The van der Waals surface area contributed by atoms with Crippen molar-refractivity contribution in [3.05, 3.63) is 23.3 Å². The third kappa shape index (κ3) is 6.23. The normalized spacial score (nSPS) is 10.8. The Balaban J connectivity index is 2.10. The van der Waals surface area contributed by atoms with Crippen molar-refractivity contribution < 1.29 is 18.9 Å². The van der Waals surface area contributed by atoms with Gasteiger partial charge < -0.3 is 24.7 Å². The van der Waals surface area contributed by atoms with Gasteiger partial charge >= 0.3 is 0 Å². The van der Waals surface area contributed by atoms with Crippen molar-refractivity contribution in [3.8, 4) is 5.75 Å². The van der Waals surface area contributed by atoms with E-state index in [1.807, 2.05) is 26.0 Å². The van der Waals surface area contributed by atoms with Crippen LogP contribution in [0.15, 0.2) is 12.1 Å². The number of hydrogen-bond donors (Lipinski definition) is 1. The molecule has 0 aromatic heterocycles. The zero-order valence-corrected chi connectivity index (χ0v) is 12.6. The van der Waals surface area contributed by atoms with Crippen LogP contribution >= 0.6 is 0 Å². The van der Waals surface area contributed by atoms with Gasteiger partial charge in [0.2, 0.25) is 0 Å². The van der Waals surface area contributed by atoms with E-state index in [1.165, 1.54) is 0 Å². The molecule has 0 amide bonds. The van der Waals surface area contributed by atoms with Gasteiger partial charge in [-0.2, -0.15) is 0 Å². The lowest BCUT2D eigenvalue weighted by Gasteiger charge is -2.11. The van der Waals surface area contributed by atoms with Crippen LogP contribution in [0.5, 0.6) is 5.75 Å². The summed E-state index contributed by atoms with van der Waals surface area (Å²) in [7, 11) is 1.65. The lowest BCUT2D eigenvalue weighted by atomic mass is 10.1. The standard InChI is InChI=1S/C15H25NO4/c1-12-10-14(11-13(2)15(12)16)20-9-8-19-7-6-18-5-4-17-3/h10-11H,4-9,16H2,1-3H3. The molecule has 0 aliphatic rings. The Morgan fingerprint density at radius 2 is 1.35 bits per heavy atom. The summed E-state index contributed by atoms with van der Waals surface area (Å²) < 4.78 is 21.2. The summed E-state index contributed by atoms with van der Waals surface area (Å²) >= 11 is 0. The SMILES string of the molecule is COCCOCCOCCOc1cc(C)c(N)c(C)c1. The molecule has 0 saturated heterocycles. The maximum atomic E-state index is 5.89. The molecule has 0 aliphatic carbocycles. The quantitative estimate of drug-likeness (QED) is 0.525. The first-order valence-electron chi connectivity index (χ1n) is 6.79. The highest BCUT2D eigenvalue weighted by Gasteiger charge is 2.02. The summed E-state index contributed by atoms with van der Waals surface area (Å²) in [6.07, 6.45) is 0. The van der Waals surface area contributed by atoms with Crippen molar-refractivity contribution in [2.75, 3.05) is 52.5 Å². The van der Waals surface area contributed by atoms with Crippen LogP contribution in [-0.2, 0) is 14.2 Å². The molecule has 0 unspecified atom stereocenters. The molecule has 0 spiro atoms. The highest BCUT2D eigenvalue weighted by atomic mass is 16.6. The maximum Gasteiger partial charge on any atom is 0.120 e. The van der Waals surface area contributed by atoms with Crippen molar-refractivity contribution in [3.63, 3.8) is 0 Å². The van der Waals surface area contributed by atoms with Crippen LogP contribution in [0.3, 0.4) is 0 Å². The Bertz CT molecular complexity index is 372. The van der Waals surface area contributed by atoms with Gasteiger partial charge in [0.05, 0.1) is 33.0 Å². The molecular formula is C15H25NO4. The highest BCUT2D eigenvalue weighted by molar-refractivity contribution is 5.55. The van der Waals surface area contributed by atoms with Gasteiger partial charge in [-0.15, -0.1) is 0 Å². The molecule has 20 heavy (non-hydrogen) atoms. The number of nitrogens with two attached hydrogens (primary N) is 1. The van der Waals surface area contributed by atoms with E-state index >= 15 is 0 Å². The van der Waals surface area contributed by atoms with Gasteiger partial charge in [0, 0.05) is 12.8 Å². The number of anilines is 1. The minimum atomic E-state index is 0.515. The van der Waals surface area contributed by atoms with Gasteiger partial charge in [0.25, 0.3) is 0 Å². The fraction of sp³-hybridized carbons (Fsp3) is 0.600. The predicted octanol–water partition coefficient (Wildman–Crippen LogP) is 1.94. The minimum absolute atomic E-state index is 0.515. The van der Waals surface area contributed by atoms with Gasteiger partial charge in [-0.25, -0.2) is 0 Å². The molecule has 0 heterocycles.